The molecule has 24 heavy (non-hydrogen) atoms. The summed E-state index contributed by atoms with van der Waals surface area (Å²) in [6.45, 7) is 2.23. The minimum atomic E-state index is -1.61. The first kappa shape index (κ1) is 16.4. The van der Waals surface area contributed by atoms with Crippen LogP contribution >= 0.6 is 0 Å². The normalized spacial score (nSPS) is 10.8. The van der Waals surface area contributed by atoms with Crippen molar-refractivity contribution < 1.29 is 19.2 Å². The Balaban J connectivity index is 1.99. The van der Waals surface area contributed by atoms with Gasteiger partial charge in [-0.25, -0.2) is 4.39 Å². The lowest BCUT2D eigenvalue weighted by Gasteiger charge is -2.13. The highest BCUT2D eigenvalue weighted by Gasteiger charge is 2.20. The first-order valence-corrected chi connectivity index (χ1v) is 7.73. The van der Waals surface area contributed by atoms with Gasteiger partial charge in [0.1, 0.15) is 17.1 Å². The van der Waals surface area contributed by atoms with E-state index in [0.717, 1.165) is 16.5 Å². The molecule has 0 aliphatic carbocycles. The molecule has 1 aromatic heterocycles. The molecule has 0 fully saturated rings. The maximum atomic E-state index is 13.0. The Morgan fingerprint density at radius 2 is 1.83 bits per heavy atom. The molecule has 0 aliphatic heterocycles. The summed E-state index contributed by atoms with van der Waals surface area (Å²) >= 11 is 0. The molecule has 0 unspecified atom stereocenters. The van der Waals surface area contributed by atoms with E-state index >= 15 is 0 Å². The van der Waals surface area contributed by atoms with E-state index in [9.17, 15) is 14.4 Å². The molecule has 2 aromatic carbocycles. The van der Waals surface area contributed by atoms with Gasteiger partial charge in [0.15, 0.2) is 0 Å². The van der Waals surface area contributed by atoms with Crippen LogP contribution in [-0.4, -0.2) is 28.8 Å². The standard InChI is InChI=1S/C18H17BFNO3/c1-2-24-18-16(19(22)23)8-5-14-10-13(11-21-17(14)18)9-12-3-6-15(20)7-4-12/h3-8,10-11,22-23H,2,9H2,1H3. The molecular formula is C18H17BFNO3. The average Bonchev–Trinajstić information content (AvgIpc) is 2.57. The Hall–Kier alpha value is -2.44. The number of halogens is 1. The lowest BCUT2D eigenvalue weighted by Crippen LogP contribution is -2.31. The van der Waals surface area contributed by atoms with Crippen molar-refractivity contribution in [1.82, 2.24) is 4.98 Å². The van der Waals surface area contributed by atoms with Crippen LogP contribution in [0.5, 0.6) is 5.75 Å². The maximum absolute atomic E-state index is 13.0. The lowest BCUT2D eigenvalue weighted by atomic mass is 9.79. The number of rotatable bonds is 5. The topological polar surface area (TPSA) is 62.6 Å². The van der Waals surface area contributed by atoms with Crippen molar-refractivity contribution >= 4 is 23.5 Å². The van der Waals surface area contributed by atoms with E-state index in [4.69, 9.17) is 4.74 Å². The molecular weight excluding hydrogens is 308 g/mol. The Labute approximate surface area is 139 Å². The molecule has 4 nitrogen and oxygen atoms in total. The van der Waals surface area contributed by atoms with Gasteiger partial charge in [0.25, 0.3) is 0 Å². The Bertz CT molecular complexity index is 853. The van der Waals surface area contributed by atoms with Gasteiger partial charge in [-0.3, -0.25) is 4.98 Å². The van der Waals surface area contributed by atoms with E-state index in [1.54, 1.807) is 30.5 Å². The van der Waals surface area contributed by atoms with Crippen molar-refractivity contribution in [3.05, 3.63) is 65.6 Å². The minimum absolute atomic E-state index is 0.258. The number of fused-ring (bicyclic) bond motifs is 1. The zero-order chi connectivity index (χ0) is 17.1. The zero-order valence-electron chi connectivity index (χ0n) is 13.2. The van der Waals surface area contributed by atoms with Crippen molar-refractivity contribution in [3.63, 3.8) is 0 Å². The highest BCUT2D eigenvalue weighted by molar-refractivity contribution is 6.60. The first-order chi connectivity index (χ1) is 11.6. The SMILES string of the molecule is CCOc1c(B(O)O)ccc2cc(Cc3ccc(F)cc3)cnc12. The van der Waals surface area contributed by atoms with Crippen molar-refractivity contribution in [2.24, 2.45) is 0 Å². The third-order valence-electron chi connectivity index (χ3n) is 3.78. The van der Waals surface area contributed by atoms with Crippen molar-refractivity contribution in [1.29, 1.82) is 0 Å². The summed E-state index contributed by atoms with van der Waals surface area (Å²) in [4.78, 5) is 4.44. The van der Waals surface area contributed by atoms with E-state index in [0.29, 0.717) is 29.8 Å². The van der Waals surface area contributed by atoms with Crippen LogP contribution in [0.15, 0.2) is 48.7 Å². The number of pyridine rings is 1. The number of hydrogen-bond acceptors (Lipinski definition) is 4. The molecule has 0 atom stereocenters. The summed E-state index contributed by atoms with van der Waals surface area (Å²) in [7, 11) is -1.61. The number of ether oxygens (including phenoxy) is 1. The van der Waals surface area contributed by atoms with Gasteiger partial charge in [-0.15, -0.1) is 0 Å². The summed E-state index contributed by atoms with van der Waals surface area (Å²) in [6.07, 6.45) is 2.36. The summed E-state index contributed by atoms with van der Waals surface area (Å²) < 4.78 is 18.5. The maximum Gasteiger partial charge on any atom is 0.492 e. The predicted octanol–water partition coefficient (Wildman–Crippen LogP) is 2.04. The monoisotopic (exact) mass is 325 g/mol. The molecule has 6 heteroatoms. The van der Waals surface area contributed by atoms with Gasteiger partial charge >= 0.3 is 7.12 Å². The van der Waals surface area contributed by atoms with Crippen LogP contribution in [0.2, 0.25) is 0 Å². The van der Waals surface area contributed by atoms with Crippen molar-refractivity contribution in [3.8, 4) is 5.75 Å². The smallest absolute Gasteiger partial charge is 0.492 e. The van der Waals surface area contributed by atoms with Crippen LogP contribution in [0.25, 0.3) is 10.9 Å². The Kier molecular flexibility index (Phi) is 4.78. The van der Waals surface area contributed by atoms with Gasteiger partial charge in [-0.1, -0.05) is 24.3 Å². The van der Waals surface area contributed by atoms with Gasteiger partial charge in [0.2, 0.25) is 0 Å². The summed E-state index contributed by atoms with van der Waals surface area (Å²) in [5, 5.41) is 19.8. The molecule has 122 valence electrons. The van der Waals surface area contributed by atoms with Gasteiger partial charge in [0, 0.05) is 17.0 Å². The van der Waals surface area contributed by atoms with E-state index in [-0.39, 0.29) is 5.82 Å². The molecule has 3 aromatic rings. The molecule has 0 spiro atoms. The highest BCUT2D eigenvalue weighted by Crippen LogP contribution is 2.24. The fraction of sp³-hybridized carbons (Fsp3) is 0.167. The zero-order valence-corrected chi connectivity index (χ0v) is 13.2. The van der Waals surface area contributed by atoms with E-state index < -0.39 is 7.12 Å². The molecule has 2 N–H and O–H groups in total. The number of aromatic nitrogens is 1. The Morgan fingerprint density at radius 3 is 2.50 bits per heavy atom. The molecule has 0 aliphatic rings. The van der Waals surface area contributed by atoms with Crippen molar-refractivity contribution in [2.75, 3.05) is 6.61 Å². The van der Waals surface area contributed by atoms with Crippen LogP contribution in [0.3, 0.4) is 0 Å². The van der Waals surface area contributed by atoms with Gasteiger partial charge in [-0.2, -0.15) is 0 Å². The largest absolute Gasteiger partial charge is 0.492 e. The van der Waals surface area contributed by atoms with Crippen LogP contribution in [0.1, 0.15) is 18.1 Å². The van der Waals surface area contributed by atoms with E-state index in [1.165, 1.54) is 12.1 Å². The second-order valence-electron chi connectivity index (χ2n) is 5.51. The van der Waals surface area contributed by atoms with Gasteiger partial charge < -0.3 is 14.8 Å². The molecule has 3 rings (SSSR count). The van der Waals surface area contributed by atoms with E-state index in [1.807, 2.05) is 13.0 Å². The highest BCUT2D eigenvalue weighted by atomic mass is 19.1. The third-order valence-corrected chi connectivity index (χ3v) is 3.78. The van der Waals surface area contributed by atoms with Crippen molar-refractivity contribution in [2.45, 2.75) is 13.3 Å². The fourth-order valence-electron chi connectivity index (χ4n) is 2.67. The van der Waals surface area contributed by atoms with Crippen LogP contribution < -0.4 is 10.2 Å². The van der Waals surface area contributed by atoms with Crippen LogP contribution in [-0.2, 0) is 6.42 Å². The average molecular weight is 325 g/mol. The Morgan fingerprint density at radius 1 is 1.08 bits per heavy atom. The second kappa shape index (κ2) is 6.99. The molecule has 0 saturated carbocycles. The summed E-state index contributed by atoms with van der Waals surface area (Å²) in [5.41, 5.74) is 2.85. The molecule has 0 amide bonds. The summed E-state index contributed by atoms with van der Waals surface area (Å²) in [6, 6.07) is 11.8. The minimum Gasteiger partial charge on any atom is -0.492 e. The first-order valence-electron chi connectivity index (χ1n) is 7.73. The summed E-state index contributed by atoms with van der Waals surface area (Å²) in [5.74, 6) is 0.130. The lowest BCUT2D eigenvalue weighted by molar-refractivity contribution is 0.343. The second-order valence-corrected chi connectivity index (χ2v) is 5.51. The third kappa shape index (κ3) is 3.40. The van der Waals surface area contributed by atoms with Crippen LogP contribution in [0.4, 0.5) is 4.39 Å². The van der Waals surface area contributed by atoms with Crippen LogP contribution in [0, 0.1) is 5.82 Å². The fourth-order valence-corrected chi connectivity index (χ4v) is 2.67. The predicted molar refractivity (Wildman–Crippen MR) is 91.9 cm³/mol. The molecule has 0 radical (unpaired) electrons. The number of benzene rings is 2. The van der Waals surface area contributed by atoms with Gasteiger partial charge in [-0.05, 0) is 42.7 Å². The quantitative estimate of drug-likeness (QED) is 0.705. The van der Waals surface area contributed by atoms with Gasteiger partial charge in [0.05, 0.1) is 6.61 Å². The molecule has 0 bridgehead atoms. The number of nitrogens with zero attached hydrogens (tertiary/aromatic N) is 1. The number of hydrogen-bond donors (Lipinski definition) is 2. The molecule has 0 saturated heterocycles. The van der Waals surface area contributed by atoms with E-state index in [2.05, 4.69) is 4.98 Å². The molecule has 1 heterocycles.